The molecule has 0 bridgehead atoms. The highest BCUT2D eigenvalue weighted by Crippen LogP contribution is 2.27. The predicted molar refractivity (Wildman–Crippen MR) is 112 cm³/mol. The summed E-state index contributed by atoms with van der Waals surface area (Å²) in [5.41, 5.74) is 1.77. The molecule has 2 unspecified atom stereocenters. The van der Waals surface area contributed by atoms with Crippen molar-refractivity contribution in [2.75, 3.05) is 19.0 Å². The van der Waals surface area contributed by atoms with Gasteiger partial charge in [-0.1, -0.05) is 45.0 Å². The molecule has 2 atom stereocenters. The number of para-hydroxylation sites is 1. The van der Waals surface area contributed by atoms with Crippen molar-refractivity contribution in [1.29, 1.82) is 0 Å². The number of halogens is 1. The van der Waals surface area contributed by atoms with Gasteiger partial charge in [-0.3, -0.25) is 0 Å². The Labute approximate surface area is 176 Å². The summed E-state index contributed by atoms with van der Waals surface area (Å²) in [5, 5.41) is 2.82. The molecule has 1 saturated heterocycles. The van der Waals surface area contributed by atoms with Gasteiger partial charge in [0, 0.05) is 12.1 Å². The summed E-state index contributed by atoms with van der Waals surface area (Å²) in [6, 6.07) is 12.4. The molecule has 7 heteroatoms. The standard InChI is InChI=1S/C23H27FN2O4/c1-23(2,3)15-9-11-16(12-10-15)25-22(28)26-14-17(13-19(26)21(27)29-4)30-20-8-6-5-7-18(20)24/h5-12,17,19H,13-14H2,1-4H3,(H,25,28). The lowest BCUT2D eigenvalue weighted by Gasteiger charge is -2.23. The van der Waals surface area contributed by atoms with Crippen LogP contribution in [0, 0.1) is 5.82 Å². The van der Waals surface area contributed by atoms with Crippen LogP contribution in [0.2, 0.25) is 0 Å². The van der Waals surface area contributed by atoms with Gasteiger partial charge in [-0.15, -0.1) is 0 Å². The molecule has 0 aromatic heterocycles. The number of hydrogen-bond acceptors (Lipinski definition) is 4. The molecule has 2 aromatic carbocycles. The molecule has 0 radical (unpaired) electrons. The normalized spacial score (nSPS) is 18.8. The van der Waals surface area contributed by atoms with Crippen LogP contribution in [-0.2, 0) is 14.9 Å². The number of rotatable bonds is 4. The first-order chi connectivity index (χ1) is 14.2. The van der Waals surface area contributed by atoms with Gasteiger partial charge in [-0.2, -0.15) is 0 Å². The van der Waals surface area contributed by atoms with Gasteiger partial charge in [0.25, 0.3) is 0 Å². The van der Waals surface area contributed by atoms with E-state index in [0.717, 1.165) is 5.56 Å². The number of anilines is 1. The van der Waals surface area contributed by atoms with Gasteiger partial charge >= 0.3 is 12.0 Å². The maximum atomic E-state index is 13.9. The van der Waals surface area contributed by atoms with E-state index in [1.165, 1.54) is 24.1 Å². The first-order valence-corrected chi connectivity index (χ1v) is 9.86. The number of carbonyl (C=O) groups is 2. The van der Waals surface area contributed by atoms with E-state index >= 15 is 0 Å². The Balaban J connectivity index is 1.72. The van der Waals surface area contributed by atoms with Crippen molar-refractivity contribution < 1.29 is 23.5 Å². The van der Waals surface area contributed by atoms with Gasteiger partial charge in [0.1, 0.15) is 12.1 Å². The summed E-state index contributed by atoms with van der Waals surface area (Å²) in [6.45, 7) is 6.48. The highest BCUT2D eigenvalue weighted by Gasteiger charge is 2.41. The molecule has 1 aliphatic rings. The molecule has 0 saturated carbocycles. The van der Waals surface area contributed by atoms with Crippen LogP contribution in [0.5, 0.6) is 5.75 Å². The van der Waals surface area contributed by atoms with Crippen LogP contribution in [0.25, 0.3) is 0 Å². The molecule has 6 nitrogen and oxygen atoms in total. The summed E-state index contributed by atoms with van der Waals surface area (Å²) in [5.74, 6) is -0.937. The van der Waals surface area contributed by atoms with E-state index < -0.39 is 30.0 Å². The number of nitrogens with zero attached hydrogens (tertiary/aromatic N) is 1. The van der Waals surface area contributed by atoms with Crippen LogP contribution in [0.3, 0.4) is 0 Å². The Bertz CT molecular complexity index is 908. The number of likely N-dealkylation sites (tertiary alicyclic amines) is 1. The maximum absolute atomic E-state index is 13.9. The van der Waals surface area contributed by atoms with Crippen LogP contribution >= 0.6 is 0 Å². The Hall–Kier alpha value is -3.09. The molecule has 1 fully saturated rings. The number of esters is 1. The zero-order valence-electron chi connectivity index (χ0n) is 17.6. The van der Waals surface area contributed by atoms with Crippen molar-refractivity contribution in [2.45, 2.75) is 44.8 Å². The second kappa shape index (κ2) is 8.73. The highest BCUT2D eigenvalue weighted by molar-refractivity contribution is 5.93. The summed E-state index contributed by atoms with van der Waals surface area (Å²) in [4.78, 5) is 26.5. The molecule has 2 amide bonds. The molecular formula is C23H27FN2O4. The van der Waals surface area contributed by atoms with Crippen molar-refractivity contribution in [3.63, 3.8) is 0 Å². The second-order valence-corrected chi connectivity index (χ2v) is 8.35. The van der Waals surface area contributed by atoms with Crippen molar-refractivity contribution in [2.24, 2.45) is 0 Å². The van der Waals surface area contributed by atoms with Gasteiger partial charge in [0.05, 0.1) is 13.7 Å². The van der Waals surface area contributed by atoms with Crippen molar-refractivity contribution in [3.05, 3.63) is 59.9 Å². The Kier molecular flexibility index (Phi) is 6.29. The first kappa shape index (κ1) is 21.6. The van der Waals surface area contributed by atoms with E-state index in [1.54, 1.807) is 12.1 Å². The molecule has 2 aromatic rings. The Morgan fingerprint density at radius 1 is 1.10 bits per heavy atom. The number of hydrogen-bond donors (Lipinski definition) is 1. The lowest BCUT2D eigenvalue weighted by Crippen LogP contribution is -2.43. The SMILES string of the molecule is COC(=O)C1CC(Oc2ccccc2F)CN1C(=O)Nc1ccc(C(C)(C)C)cc1. The molecule has 0 spiro atoms. The summed E-state index contributed by atoms with van der Waals surface area (Å²) < 4.78 is 24.5. The van der Waals surface area contributed by atoms with Gasteiger partial charge in [-0.05, 0) is 35.2 Å². The Morgan fingerprint density at radius 2 is 1.77 bits per heavy atom. The molecule has 1 aliphatic heterocycles. The maximum Gasteiger partial charge on any atom is 0.328 e. The monoisotopic (exact) mass is 414 g/mol. The molecule has 1 N–H and O–H groups in total. The number of carbonyl (C=O) groups excluding carboxylic acids is 2. The van der Waals surface area contributed by atoms with Crippen molar-refractivity contribution >= 4 is 17.7 Å². The van der Waals surface area contributed by atoms with E-state index in [-0.39, 0.29) is 24.1 Å². The van der Waals surface area contributed by atoms with E-state index in [4.69, 9.17) is 9.47 Å². The van der Waals surface area contributed by atoms with E-state index in [9.17, 15) is 14.0 Å². The van der Waals surface area contributed by atoms with Crippen LogP contribution in [0.4, 0.5) is 14.9 Å². The Morgan fingerprint density at radius 3 is 2.37 bits per heavy atom. The number of methoxy groups -OCH3 is 1. The second-order valence-electron chi connectivity index (χ2n) is 8.35. The van der Waals surface area contributed by atoms with E-state index in [2.05, 4.69) is 26.1 Å². The summed E-state index contributed by atoms with van der Waals surface area (Å²) in [7, 11) is 1.27. The number of benzene rings is 2. The predicted octanol–water partition coefficient (Wildman–Crippen LogP) is 4.35. The van der Waals surface area contributed by atoms with Gasteiger partial charge in [-0.25, -0.2) is 14.0 Å². The largest absolute Gasteiger partial charge is 0.485 e. The minimum absolute atomic E-state index is 0.00471. The number of ether oxygens (including phenoxy) is 2. The van der Waals surface area contributed by atoms with Gasteiger partial charge < -0.3 is 19.7 Å². The number of urea groups is 1. The van der Waals surface area contributed by atoms with Crippen LogP contribution < -0.4 is 10.1 Å². The number of amides is 2. The fourth-order valence-corrected chi connectivity index (χ4v) is 3.44. The molecule has 3 rings (SSSR count). The molecule has 30 heavy (non-hydrogen) atoms. The zero-order chi connectivity index (χ0) is 21.9. The topological polar surface area (TPSA) is 67.9 Å². The number of nitrogens with one attached hydrogen (secondary N) is 1. The average Bonchev–Trinajstić information content (AvgIpc) is 3.13. The fourth-order valence-electron chi connectivity index (χ4n) is 3.44. The van der Waals surface area contributed by atoms with Crippen LogP contribution in [-0.4, -0.2) is 42.7 Å². The third-order valence-corrected chi connectivity index (χ3v) is 5.13. The molecule has 0 aliphatic carbocycles. The fraction of sp³-hybridized carbons (Fsp3) is 0.391. The molecule has 160 valence electrons. The van der Waals surface area contributed by atoms with Crippen molar-refractivity contribution in [1.82, 2.24) is 4.90 Å². The average molecular weight is 414 g/mol. The van der Waals surface area contributed by atoms with E-state index in [0.29, 0.717) is 5.69 Å². The quantitative estimate of drug-likeness (QED) is 0.756. The third-order valence-electron chi connectivity index (χ3n) is 5.13. The lowest BCUT2D eigenvalue weighted by molar-refractivity contribution is -0.144. The van der Waals surface area contributed by atoms with Crippen LogP contribution in [0.1, 0.15) is 32.8 Å². The van der Waals surface area contributed by atoms with Crippen LogP contribution in [0.15, 0.2) is 48.5 Å². The summed E-state index contributed by atoms with van der Waals surface area (Å²) in [6.07, 6.45) is -0.308. The minimum Gasteiger partial charge on any atom is -0.485 e. The van der Waals surface area contributed by atoms with Gasteiger partial charge in [0.15, 0.2) is 11.6 Å². The molecule has 1 heterocycles. The minimum atomic E-state index is -0.805. The van der Waals surface area contributed by atoms with Crippen molar-refractivity contribution in [3.8, 4) is 5.75 Å². The molecular weight excluding hydrogens is 387 g/mol. The third kappa shape index (κ3) is 4.90. The smallest absolute Gasteiger partial charge is 0.328 e. The highest BCUT2D eigenvalue weighted by atomic mass is 19.1. The zero-order valence-corrected chi connectivity index (χ0v) is 17.6. The van der Waals surface area contributed by atoms with E-state index in [1.807, 2.05) is 24.3 Å². The summed E-state index contributed by atoms with van der Waals surface area (Å²) >= 11 is 0. The lowest BCUT2D eigenvalue weighted by atomic mass is 9.87. The van der Waals surface area contributed by atoms with Gasteiger partial charge in [0.2, 0.25) is 0 Å². The first-order valence-electron chi connectivity index (χ1n) is 9.86.